The Kier molecular flexibility index (Phi) is 8.41. The second-order valence-corrected chi connectivity index (χ2v) is 9.28. The lowest BCUT2D eigenvalue weighted by molar-refractivity contribution is -0.138. The molecule has 12 heteroatoms. The molecule has 32 heavy (non-hydrogen) atoms. The van der Waals surface area contributed by atoms with E-state index in [0.29, 0.717) is 31.6 Å². The summed E-state index contributed by atoms with van der Waals surface area (Å²) in [5.41, 5.74) is 1.42. The van der Waals surface area contributed by atoms with E-state index >= 15 is 0 Å². The molecule has 0 radical (unpaired) electrons. The summed E-state index contributed by atoms with van der Waals surface area (Å²) in [5.74, 6) is -0.503. The van der Waals surface area contributed by atoms with Crippen molar-refractivity contribution in [2.75, 3.05) is 7.11 Å². The number of amides is 1. The van der Waals surface area contributed by atoms with Crippen LogP contribution in [-0.4, -0.2) is 40.7 Å². The van der Waals surface area contributed by atoms with E-state index in [9.17, 15) is 9.59 Å². The molecular formula is C20H16BrCl2N3O5S. The number of hydrogen-bond acceptors (Lipinski definition) is 7. The topological polar surface area (TPSA) is 110 Å². The lowest BCUT2D eigenvalue weighted by Crippen LogP contribution is -2.26. The fraction of sp³-hybridized carbons (Fsp3) is 0.200. The summed E-state index contributed by atoms with van der Waals surface area (Å²) < 4.78 is 11.9. The van der Waals surface area contributed by atoms with E-state index < -0.39 is 17.1 Å². The largest absolute Gasteiger partial charge is 0.493 e. The maximum atomic E-state index is 11.7. The van der Waals surface area contributed by atoms with Crippen molar-refractivity contribution in [3.63, 3.8) is 0 Å². The molecule has 2 aromatic rings. The molecule has 2 aromatic carbocycles. The molecule has 1 aliphatic rings. The number of halogens is 3. The Labute approximate surface area is 206 Å². The number of aliphatic carboxylic acids is 1. The van der Waals surface area contributed by atoms with Gasteiger partial charge < -0.3 is 19.9 Å². The first-order valence-corrected chi connectivity index (χ1v) is 11.4. The van der Waals surface area contributed by atoms with Gasteiger partial charge >= 0.3 is 5.97 Å². The van der Waals surface area contributed by atoms with Crippen molar-refractivity contribution in [3.05, 3.63) is 56.0 Å². The summed E-state index contributed by atoms with van der Waals surface area (Å²) in [6.45, 7) is 0.217. The zero-order chi connectivity index (χ0) is 23.3. The molecule has 2 N–H and O–H groups in total. The molecular weight excluding hydrogens is 545 g/mol. The average molecular weight is 561 g/mol. The first-order valence-electron chi connectivity index (χ1n) is 9.01. The number of methoxy groups -OCH3 is 1. The summed E-state index contributed by atoms with van der Waals surface area (Å²) in [6, 6.07) is 8.60. The standard InChI is InChI=1S/C20H16BrCl2N3O5S/c1-30-15-4-11(8-24-26-20-25-19(29)17(32-20)7-18(27)28)13(21)6-16(15)31-9-10-2-3-12(22)5-14(10)23/h2-6,8,17H,7,9H2,1H3,(H,27,28)(H,25,26,29). The number of hydrogen-bond donors (Lipinski definition) is 2. The van der Waals surface area contributed by atoms with E-state index in [4.69, 9.17) is 37.8 Å². The third-order valence-electron chi connectivity index (χ3n) is 4.16. The summed E-state index contributed by atoms with van der Waals surface area (Å²) in [7, 11) is 1.51. The Morgan fingerprint density at radius 3 is 2.78 bits per heavy atom. The Morgan fingerprint density at radius 1 is 1.31 bits per heavy atom. The number of nitrogens with one attached hydrogen (secondary N) is 1. The summed E-state index contributed by atoms with van der Waals surface area (Å²) in [4.78, 5) is 22.5. The number of carbonyl (C=O) groups is 2. The number of carboxylic acid groups (broad SMARTS) is 1. The van der Waals surface area contributed by atoms with Crippen LogP contribution in [0.15, 0.2) is 45.0 Å². The zero-order valence-electron chi connectivity index (χ0n) is 16.5. The Bertz CT molecular complexity index is 1110. The molecule has 1 atom stereocenters. The van der Waals surface area contributed by atoms with Crippen molar-refractivity contribution >= 4 is 74.2 Å². The van der Waals surface area contributed by atoms with E-state index in [-0.39, 0.29) is 18.2 Å². The van der Waals surface area contributed by atoms with Gasteiger partial charge in [-0.2, -0.15) is 5.10 Å². The van der Waals surface area contributed by atoms with E-state index in [2.05, 4.69) is 31.4 Å². The summed E-state index contributed by atoms with van der Waals surface area (Å²) >= 11 is 16.6. The fourth-order valence-corrected chi connectivity index (χ4v) is 4.41. The van der Waals surface area contributed by atoms with E-state index in [1.54, 1.807) is 30.3 Å². The van der Waals surface area contributed by atoms with Gasteiger partial charge in [0.15, 0.2) is 16.7 Å². The van der Waals surface area contributed by atoms with Gasteiger partial charge in [-0.05, 0) is 40.2 Å². The maximum Gasteiger partial charge on any atom is 0.305 e. The van der Waals surface area contributed by atoms with Crippen molar-refractivity contribution in [2.24, 2.45) is 10.2 Å². The number of rotatable bonds is 8. The van der Waals surface area contributed by atoms with Crippen molar-refractivity contribution in [3.8, 4) is 11.5 Å². The highest BCUT2D eigenvalue weighted by atomic mass is 79.9. The molecule has 0 aromatic heterocycles. The minimum absolute atomic E-state index is 0.217. The normalized spacial score (nSPS) is 17.1. The number of carboxylic acids is 1. The van der Waals surface area contributed by atoms with Crippen LogP contribution in [0.25, 0.3) is 0 Å². The predicted molar refractivity (Wildman–Crippen MR) is 128 cm³/mol. The van der Waals surface area contributed by atoms with Gasteiger partial charge in [-0.15, -0.1) is 5.10 Å². The lowest BCUT2D eigenvalue weighted by atomic mass is 10.2. The van der Waals surface area contributed by atoms with Crippen molar-refractivity contribution < 1.29 is 24.2 Å². The highest BCUT2D eigenvalue weighted by Crippen LogP contribution is 2.34. The van der Waals surface area contributed by atoms with Crippen LogP contribution in [0.4, 0.5) is 0 Å². The number of benzene rings is 2. The quantitative estimate of drug-likeness (QED) is 0.356. The van der Waals surface area contributed by atoms with Crippen LogP contribution in [0.2, 0.25) is 10.0 Å². The van der Waals surface area contributed by atoms with Gasteiger partial charge in [0, 0.05) is 25.6 Å². The van der Waals surface area contributed by atoms with Gasteiger partial charge in [-0.25, -0.2) is 0 Å². The SMILES string of the molecule is COc1cc(C=NN=C2NC(=O)C(CC(=O)O)S2)c(Br)cc1OCc1ccc(Cl)cc1Cl. The van der Waals surface area contributed by atoms with Crippen LogP contribution in [-0.2, 0) is 16.2 Å². The molecule has 1 saturated heterocycles. The number of thioether (sulfide) groups is 1. The fourth-order valence-electron chi connectivity index (χ4n) is 2.61. The Morgan fingerprint density at radius 2 is 2.09 bits per heavy atom. The van der Waals surface area contributed by atoms with Gasteiger partial charge in [0.25, 0.3) is 0 Å². The molecule has 1 amide bonds. The second-order valence-electron chi connectivity index (χ2n) is 6.39. The molecule has 1 heterocycles. The second kappa shape index (κ2) is 11.0. The summed E-state index contributed by atoms with van der Waals surface area (Å²) in [6.07, 6.45) is 1.18. The van der Waals surface area contributed by atoms with Gasteiger partial charge in [-0.3, -0.25) is 9.59 Å². The molecule has 168 valence electrons. The molecule has 1 fully saturated rings. The minimum Gasteiger partial charge on any atom is -0.493 e. The monoisotopic (exact) mass is 559 g/mol. The van der Waals surface area contributed by atoms with Gasteiger partial charge in [0.1, 0.15) is 11.9 Å². The van der Waals surface area contributed by atoms with Crippen molar-refractivity contribution in [2.45, 2.75) is 18.3 Å². The average Bonchev–Trinajstić information content (AvgIpc) is 3.07. The number of amidine groups is 1. The van der Waals surface area contributed by atoms with Crippen LogP contribution in [0.3, 0.4) is 0 Å². The molecule has 0 bridgehead atoms. The Hall–Kier alpha value is -2.27. The first kappa shape index (κ1) is 24.4. The minimum atomic E-state index is -1.06. The number of ether oxygens (including phenoxy) is 2. The third kappa shape index (κ3) is 6.38. The predicted octanol–water partition coefficient (Wildman–Crippen LogP) is 4.74. The highest BCUT2D eigenvalue weighted by molar-refractivity contribution is 9.10. The van der Waals surface area contributed by atoms with Gasteiger partial charge in [0.05, 0.1) is 19.7 Å². The van der Waals surface area contributed by atoms with E-state index in [1.807, 2.05) is 0 Å². The molecule has 8 nitrogen and oxygen atoms in total. The number of nitrogens with zero attached hydrogens (tertiary/aromatic N) is 2. The van der Waals surface area contributed by atoms with Crippen LogP contribution in [0.5, 0.6) is 11.5 Å². The highest BCUT2D eigenvalue weighted by Gasteiger charge is 2.32. The molecule has 1 aliphatic heterocycles. The zero-order valence-corrected chi connectivity index (χ0v) is 20.4. The van der Waals surface area contributed by atoms with Gasteiger partial charge in [0.2, 0.25) is 5.91 Å². The van der Waals surface area contributed by atoms with Crippen molar-refractivity contribution in [1.29, 1.82) is 0 Å². The van der Waals surface area contributed by atoms with E-state index in [1.165, 1.54) is 13.3 Å². The molecule has 0 spiro atoms. The van der Waals surface area contributed by atoms with E-state index in [0.717, 1.165) is 17.3 Å². The Balaban J connectivity index is 1.70. The van der Waals surface area contributed by atoms with Crippen LogP contribution in [0.1, 0.15) is 17.5 Å². The van der Waals surface area contributed by atoms with Crippen molar-refractivity contribution in [1.82, 2.24) is 5.32 Å². The maximum absolute atomic E-state index is 11.7. The smallest absolute Gasteiger partial charge is 0.305 e. The van der Waals surface area contributed by atoms with Crippen LogP contribution in [0, 0.1) is 0 Å². The van der Waals surface area contributed by atoms with Crippen LogP contribution >= 0.6 is 50.9 Å². The lowest BCUT2D eigenvalue weighted by Gasteiger charge is -2.13. The number of carbonyl (C=O) groups excluding carboxylic acids is 1. The summed E-state index contributed by atoms with van der Waals surface area (Å²) in [5, 5.41) is 19.8. The molecule has 1 unspecified atom stereocenters. The van der Waals surface area contributed by atoms with Gasteiger partial charge in [-0.1, -0.05) is 41.0 Å². The molecule has 0 saturated carbocycles. The first-order chi connectivity index (χ1) is 15.3. The third-order valence-corrected chi connectivity index (χ3v) is 6.51. The van der Waals surface area contributed by atoms with Crippen LogP contribution < -0.4 is 14.8 Å². The molecule has 3 rings (SSSR count). The molecule has 0 aliphatic carbocycles.